The molecule has 0 fully saturated rings. The van der Waals surface area contributed by atoms with Crippen molar-refractivity contribution >= 4 is 22.3 Å². The van der Waals surface area contributed by atoms with Crippen LogP contribution in [-0.4, -0.2) is 4.98 Å². The van der Waals surface area contributed by atoms with E-state index in [-0.39, 0.29) is 0 Å². The van der Waals surface area contributed by atoms with Gasteiger partial charge in [-0.2, -0.15) is 5.26 Å². The largest absolute Gasteiger partial charge is 0.355 e. The number of benzene rings is 2. The van der Waals surface area contributed by atoms with Crippen molar-refractivity contribution in [2.75, 3.05) is 5.32 Å². The second-order valence-electron chi connectivity index (χ2n) is 5.95. The molecule has 0 saturated carbocycles. The molecule has 0 saturated heterocycles. The lowest BCUT2D eigenvalue weighted by Crippen LogP contribution is -2.09. The van der Waals surface area contributed by atoms with Gasteiger partial charge < -0.3 is 5.32 Å². The minimum absolute atomic E-state index is 0.669. The van der Waals surface area contributed by atoms with Gasteiger partial charge in [-0.25, -0.2) is 0 Å². The molecule has 0 unspecified atom stereocenters. The molecule has 2 aromatic carbocycles. The van der Waals surface area contributed by atoms with Crippen molar-refractivity contribution in [1.29, 1.82) is 5.26 Å². The molecule has 112 valence electrons. The van der Waals surface area contributed by atoms with Crippen molar-refractivity contribution in [3.63, 3.8) is 0 Å². The van der Waals surface area contributed by atoms with E-state index in [9.17, 15) is 0 Å². The van der Waals surface area contributed by atoms with Crippen LogP contribution in [0.1, 0.15) is 29.7 Å². The first kappa shape index (κ1) is 13.8. The molecule has 3 aromatic rings. The molecule has 1 aromatic heterocycles. The van der Waals surface area contributed by atoms with E-state index in [2.05, 4.69) is 29.6 Å². The molecule has 1 N–H and O–H groups in total. The maximum atomic E-state index is 9.10. The third-order valence-corrected chi connectivity index (χ3v) is 4.43. The number of hydrogen-bond donors (Lipinski definition) is 1. The van der Waals surface area contributed by atoms with Crippen molar-refractivity contribution in [2.24, 2.45) is 0 Å². The molecule has 1 heterocycles. The second kappa shape index (κ2) is 5.73. The van der Waals surface area contributed by atoms with Gasteiger partial charge in [0.05, 0.1) is 22.8 Å². The Morgan fingerprint density at radius 3 is 2.78 bits per heavy atom. The summed E-state index contributed by atoms with van der Waals surface area (Å²) in [6.07, 6.45) is 4.53. The summed E-state index contributed by atoms with van der Waals surface area (Å²) in [5, 5.41) is 13.8. The molecular formula is C20H17N3. The molecule has 3 nitrogen and oxygen atoms in total. The molecule has 23 heavy (non-hydrogen) atoms. The van der Waals surface area contributed by atoms with Crippen molar-refractivity contribution in [2.45, 2.75) is 25.7 Å². The lowest BCUT2D eigenvalue weighted by molar-refractivity contribution is 0.672. The predicted molar refractivity (Wildman–Crippen MR) is 92.8 cm³/mol. The number of pyridine rings is 1. The number of nitrogens with zero attached hydrogens (tertiary/aromatic N) is 2. The van der Waals surface area contributed by atoms with Gasteiger partial charge in [0.15, 0.2) is 0 Å². The molecule has 0 atom stereocenters. The third-order valence-electron chi connectivity index (χ3n) is 4.43. The highest BCUT2D eigenvalue weighted by molar-refractivity contribution is 5.95. The zero-order valence-electron chi connectivity index (χ0n) is 12.8. The first-order valence-corrected chi connectivity index (χ1v) is 8.03. The zero-order chi connectivity index (χ0) is 15.6. The van der Waals surface area contributed by atoms with Gasteiger partial charge in [-0.1, -0.05) is 24.3 Å². The molecule has 0 aliphatic heterocycles. The SMILES string of the molecule is N#Cc1cccc(Nc2c3c(nc4ccccc24)CCCC3)c1. The second-order valence-corrected chi connectivity index (χ2v) is 5.95. The topological polar surface area (TPSA) is 48.7 Å². The van der Waals surface area contributed by atoms with Crippen molar-refractivity contribution < 1.29 is 0 Å². The smallest absolute Gasteiger partial charge is 0.0992 e. The summed E-state index contributed by atoms with van der Waals surface area (Å²) in [4.78, 5) is 4.86. The highest BCUT2D eigenvalue weighted by Crippen LogP contribution is 2.35. The summed E-state index contributed by atoms with van der Waals surface area (Å²) in [6.45, 7) is 0. The van der Waals surface area contributed by atoms with Crippen LogP contribution in [-0.2, 0) is 12.8 Å². The Kier molecular flexibility index (Phi) is 3.44. The fraction of sp³-hybridized carbons (Fsp3) is 0.200. The van der Waals surface area contributed by atoms with Crippen molar-refractivity contribution in [3.8, 4) is 6.07 Å². The molecule has 1 aliphatic rings. The van der Waals surface area contributed by atoms with Gasteiger partial charge in [-0.3, -0.25) is 4.98 Å². The number of rotatable bonds is 2. The molecular weight excluding hydrogens is 282 g/mol. The van der Waals surface area contributed by atoms with E-state index < -0.39 is 0 Å². The number of anilines is 2. The van der Waals surface area contributed by atoms with E-state index in [0.717, 1.165) is 35.1 Å². The van der Waals surface area contributed by atoms with E-state index in [0.29, 0.717) is 5.56 Å². The van der Waals surface area contributed by atoms with Gasteiger partial charge in [-0.05, 0) is 55.5 Å². The number of para-hydroxylation sites is 1. The Bertz CT molecular complexity index is 922. The first-order chi connectivity index (χ1) is 11.3. The fourth-order valence-electron chi connectivity index (χ4n) is 3.33. The summed E-state index contributed by atoms with van der Waals surface area (Å²) in [6, 6.07) is 18.1. The molecule has 0 radical (unpaired) electrons. The van der Waals surface area contributed by atoms with Gasteiger partial charge in [0.25, 0.3) is 0 Å². The normalized spacial score (nSPS) is 13.3. The van der Waals surface area contributed by atoms with E-state index in [1.54, 1.807) is 0 Å². The van der Waals surface area contributed by atoms with Gasteiger partial charge in [0.1, 0.15) is 0 Å². The summed E-state index contributed by atoms with van der Waals surface area (Å²) >= 11 is 0. The molecule has 0 amide bonds. The van der Waals surface area contributed by atoms with Crippen LogP contribution in [0.2, 0.25) is 0 Å². The van der Waals surface area contributed by atoms with Gasteiger partial charge >= 0.3 is 0 Å². The van der Waals surface area contributed by atoms with Crippen LogP contribution in [0.25, 0.3) is 10.9 Å². The van der Waals surface area contributed by atoms with Crippen LogP contribution >= 0.6 is 0 Å². The number of aromatic nitrogens is 1. The monoisotopic (exact) mass is 299 g/mol. The van der Waals surface area contributed by atoms with E-state index in [1.807, 2.05) is 30.3 Å². The maximum Gasteiger partial charge on any atom is 0.0992 e. The van der Waals surface area contributed by atoms with Crippen LogP contribution in [0.5, 0.6) is 0 Å². The Hall–Kier alpha value is -2.86. The molecule has 0 bridgehead atoms. The quantitative estimate of drug-likeness (QED) is 0.744. The lowest BCUT2D eigenvalue weighted by atomic mass is 9.92. The minimum Gasteiger partial charge on any atom is -0.355 e. The van der Waals surface area contributed by atoms with Crippen LogP contribution in [0.3, 0.4) is 0 Å². The first-order valence-electron chi connectivity index (χ1n) is 8.03. The highest BCUT2D eigenvalue weighted by atomic mass is 14.9. The zero-order valence-corrected chi connectivity index (χ0v) is 12.8. The van der Waals surface area contributed by atoms with Gasteiger partial charge in [-0.15, -0.1) is 0 Å². The van der Waals surface area contributed by atoms with Crippen molar-refractivity contribution in [3.05, 3.63) is 65.4 Å². The van der Waals surface area contributed by atoms with Gasteiger partial charge in [0.2, 0.25) is 0 Å². The average Bonchev–Trinajstić information content (AvgIpc) is 2.61. The number of hydrogen-bond acceptors (Lipinski definition) is 3. The van der Waals surface area contributed by atoms with Crippen LogP contribution < -0.4 is 5.32 Å². The number of fused-ring (bicyclic) bond motifs is 2. The highest BCUT2D eigenvalue weighted by Gasteiger charge is 2.18. The molecule has 4 rings (SSSR count). The molecule has 3 heteroatoms. The number of aryl methyl sites for hydroxylation is 1. The van der Waals surface area contributed by atoms with Crippen LogP contribution in [0.15, 0.2) is 48.5 Å². The van der Waals surface area contributed by atoms with Gasteiger partial charge in [0, 0.05) is 16.8 Å². The Labute approximate surface area is 135 Å². The molecule has 1 aliphatic carbocycles. The Morgan fingerprint density at radius 2 is 1.87 bits per heavy atom. The predicted octanol–water partition coefficient (Wildman–Crippen LogP) is 4.73. The number of nitriles is 1. The fourth-order valence-corrected chi connectivity index (χ4v) is 3.33. The summed E-state index contributed by atoms with van der Waals surface area (Å²) in [5.74, 6) is 0. The number of nitrogens with one attached hydrogen (secondary N) is 1. The maximum absolute atomic E-state index is 9.10. The van der Waals surface area contributed by atoms with Crippen LogP contribution in [0.4, 0.5) is 11.4 Å². The summed E-state index contributed by atoms with van der Waals surface area (Å²) < 4.78 is 0. The van der Waals surface area contributed by atoms with E-state index >= 15 is 0 Å². The summed E-state index contributed by atoms with van der Waals surface area (Å²) in [7, 11) is 0. The Morgan fingerprint density at radius 1 is 1.00 bits per heavy atom. The standard InChI is InChI=1S/C20H17N3/c21-13-14-6-5-7-15(12-14)22-20-16-8-1-3-10-18(16)23-19-11-4-2-9-17(19)20/h1,3,5-8,10,12H,2,4,9,11H2,(H,22,23). The minimum atomic E-state index is 0.669. The Balaban J connectivity index is 1.89. The third kappa shape index (κ3) is 2.53. The average molecular weight is 299 g/mol. The molecule has 0 spiro atoms. The lowest BCUT2D eigenvalue weighted by Gasteiger charge is -2.21. The van der Waals surface area contributed by atoms with E-state index in [1.165, 1.54) is 24.1 Å². The van der Waals surface area contributed by atoms with Crippen LogP contribution in [0, 0.1) is 11.3 Å². The summed E-state index contributed by atoms with van der Waals surface area (Å²) in [5.41, 5.74) is 6.36. The van der Waals surface area contributed by atoms with E-state index in [4.69, 9.17) is 10.2 Å². The van der Waals surface area contributed by atoms with Crippen molar-refractivity contribution in [1.82, 2.24) is 4.98 Å².